The van der Waals surface area contributed by atoms with Crippen LogP contribution in [0.3, 0.4) is 0 Å². The van der Waals surface area contributed by atoms with Gasteiger partial charge in [-0.15, -0.1) is 10.3 Å². The summed E-state index contributed by atoms with van der Waals surface area (Å²) >= 11 is 0. The van der Waals surface area contributed by atoms with Gasteiger partial charge in [-0.1, -0.05) is 33.4 Å². The van der Waals surface area contributed by atoms with Gasteiger partial charge in [0.1, 0.15) is 12.2 Å². The highest BCUT2D eigenvalue weighted by Crippen LogP contribution is 2.57. The summed E-state index contributed by atoms with van der Waals surface area (Å²) in [6.45, 7) is 10.2. The van der Waals surface area contributed by atoms with E-state index >= 15 is 0 Å². The van der Waals surface area contributed by atoms with E-state index < -0.39 is 21.9 Å². The van der Waals surface area contributed by atoms with Crippen LogP contribution in [0, 0.1) is 11.6 Å². The van der Waals surface area contributed by atoms with Gasteiger partial charge in [0.05, 0.1) is 0 Å². The van der Waals surface area contributed by atoms with Gasteiger partial charge in [0.25, 0.3) is 0 Å². The van der Waals surface area contributed by atoms with E-state index in [1.165, 1.54) is 18.2 Å². The quantitative estimate of drug-likeness (QED) is 0.604. The van der Waals surface area contributed by atoms with Gasteiger partial charge in [0.2, 0.25) is 5.82 Å². The fraction of sp³-hybridized carbons (Fsp3) is 0.556. The molecule has 2 rings (SSSR count). The number of hydrogen-bond donors (Lipinski definition) is 0. The van der Waals surface area contributed by atoms with Crippen molar-refractivity contribution in [2.24, 2.45) is 0 Å². The Morgan fingerprint density at radius 2 is 1.74 bits per heavy atom. The summed E-state index contributed by atoms with van der Waals surface area (Å²) in [6, 6.07) is 2.92. The van der Waals surface area contributed by atoms with Gasteiger partial charge >= 0.3 is 0 Å². The van der Waals surface area contributed by atoms with Gasteiger partial charge in [-0.2, -0.15) is 4.39 Å². The van der Waals surface area contributed by atoms with Crippen molar-refractivity contribution in [3.8, 4) is 5.75 Å². The maximum Gasteiger partial charge on any atom is 0.201 e. The molecule has 1 aromatic carbocycles. The molecule has 0 amide bonds. The summed E-state index contributed by atoms with van der Waals surface area (Å²) in [5.41, 5.74) is -0.184. The molecule has 1 fully saturated rings. The van der Waals surface area contributed by atoms with E-state index in [-0.39, 0.29) is 23.5 Å². The lowest BCUT2D eigenvalue weighted by molar-refractivity contribution is 0.120. The van der Waals surface area contributed by atoms with Crippen LogP contribution in [0.2, 0.25) is 0 Å². The first-order valence-electron chi connectivity index (χ1n) is 8.15. The molecule has 1 aliphatic carbocycles. The number of hydrogen-bond acceptors (Lipinski definition) is 2. The topological polar surface area (TPSA) is 18.5 Å². The zero-order chi connectivity index (χ0) is 17.1. The molecule has 0 unspecified atom stereocenters. The summed E-state index contributed by atoms with van der Waals surface area (Å²) in [4.78, 5) is 0. The highest BCUT2D eigenvalue weighted by atomic mass is 32.3. The summed E-state index contributed by atoms with van der Waals surface area (Å²) in [6.07, 6.45) is 3.11. The first-order valence-corrected chi connectivity index (χ1v) is 10.2. The van der Waals surface area contributed by atoms with Crippen molar-refractivity contribution < 1.29 is 17.7 Å². The minimum atomic E-state index is -1.10. The molecule has 0 saturated heterocycles. The monoisotopic (exact) mass is 344 g/mol. The highest BCUT2D eigenvalue weighted by molar-refractivity contribution is 8.29. The number of ether oxygens (including phenoxy) is 1. The molecule has 1 aromatic rings. The number of benzene rings is 1. The third-order valence-electron chi connectivity index (χ3n) is 4.53. The second-order valence-corrected chi connectivity index (χ2v) is 9.70. The first kappa shape index (κ1) is 18.3. The fourth-order valence-corrected chi connectivity index (χ4v) is 5.12. The molecule has 1 aliphatic rings. The Labute approximate surface area is 139 Å². The molecule has 130 valence electrons. The lowest BCUT2D eigenvalue weighted by Crippen LogP contribution is -2.28. The second kappa shape index (κ2) is 7.22. The van der Waals surface area contributed by atoms with Crippen molar-refractivity contribution in [2.75, 3.05) is 23.9 Å². The molecule has 0 bridgehead atoms. The fourth-order valence-electron chi connectivity index (χ4n) is 2.58. The SMILES string of the molecule is C=Cc1ccc(OCC2(OS(CC)(CC)CC)CC2)c(F)c1F. The van der Waals surface area contributed by atoms with Gasteiger partial charge in [0, 0.05) is 5.56 Å². The van der Waals surface area contributed by atoms with E-state index in [4.69, 9.17) is 8.92 Å². The average Bonchev–Trinajstić information content (AvgIpc) is 3.34. The van der Waals surface area contributed by atoms with Crippen molar-refractivity contribution in [3.05, 3.63) is 35.9 Å². The maximum absolute atomic E-state index is 14.0. The molecule has 2 nitrogen and oxygen atoms in total. The lowest BCUT2D eigenvalue weighted by atomic mass is 10.2. The van der Waals surface area contributed by atoms with E-state index in [2.05, 4.69) is 27.4 Å². The summed E-state index contributed by atoms with van der Waals surface area (Å²) in [5.74, 6) is 1.10. The molecule has 0 aromatic heterocycles. The van der Waals surface area contributed by atoms with E-state index in [1.54, 1.807) is 0 Å². The maximum atomic E-state index is 14.0. The van der Waals surface area contributed by atoms with Gasteiger partial charge in [0.15, 0.2) is 11.6 Å². The first-order chi connectivity index (χ1) is 10.9. The predicted octanol–water partition coefficient (Wildman–Crippen LogP) is 5.32. The van der Waals surface area contributed by atoms with Crippen molar-refractivity contribution in [1.29, 1.82) is 0 Å². The third kappa shape index (κ3) is 3.89. The van der Waals surface area contributed by atoms with Crippen LogP contribution in [0.15, 0.2) is 18.7 Å². The predicted molar refractivity (Wildman–Crippen MR) is 94.2 cm³/mol. The van der Waals surface area contributed by atoms with Crippen LogP contribution in [0.4, 0.5) is 8.78 Å². The minimum Gasteiger partial charge on any atom is -0.487 e. The van der Waals surface area contributed by atoms with Crippen molar-refractivity contribution in [1.82, 2.24) is 0 Å². The Morgan fingerprint density at radius 1 is 1.13 bits per heavy atom. The van der Waals surface area contributed by atoms with Crippen LogP contribution >= 0.6 is 10.3 Å². The molecule has 0 aliphatic heterocycles. The molecule has 0 atom stereocenters. The van der Waals surface area contributed by atoms with Crippen LogP contribution in [0.5, 0.6) is 5.75 Å². The van der Waals surface area contributed by atoms with Crippen molar-refractivity contribution in [3.63, 3.8) is 0 Å². The van der Waals surface area contributed by atoms with Gasteiger partial charge in [-0.3, -0.25) is 0 Å². The van der Waals surface area contributed by atoms with E-state index in [0.717, 1.165) is 30.1 Å². The Kier molecular flexibility index (Phi) is 5.74. The number of rotatable bonds is 9. The van der Waals surface area contributed by atoms with Gasteiger partial charge in [-0.05, 0) is 42.2 Å². The highest BCUT2D eigenvalue weighted by Gasteiger charge is 2.49. The molecule has 23 heavy (non-hydrogen) atoms. The normalized spacial score (nSPS) is 16.9. The van der Waals surface area contributed by atoms with Crippen LogP contribution < -0.4 is 4.74 Å². The van der Waals surface area contributed by atoms with E-state index in [9.17, 15) is 8.78 Å². The standard InChI is InChI=1S/C18H26F2O2S/c1-5-14-9-10-15(17(20)16(14)19)21-13-18(11-12-18)22-23(6-2,7-3)8-4/h5,9-10H,1,6-8,11-13H2,2-4H3. The Balaban J connectivity index is 2.06. The zero-order valence-electron chi connectivity index (χ0n) is 14.2. The molecule has 0 heterocycles. The average molecular weight is 344 g/mol. The van der Waals surface area contributed by atoms with Gasteiger partial charge in [-0.25, -0.2) is 4.39 Å². The Morgan fingerprint density at radius 3 is 2.22 bits per heavy atom. The molecule has 5 heteroatoms. The van der Waals surface area contributed by atoms with Crippen molar-refractivity contribution in [2.45, 2.75) is 39.2 Å². The van der Waals surface area contributed by atoms with E-state index in [0.29, 0.717) is 0 Å². The van der Waals surface area contributed by atoms with Crippen LogP contribution in [0.1, 0.15) is 39.2 Å². The van der Waals surface area contributed by atoms with Gasteiger partial charge < -0.3 is 8.92 Å². The molecular formula is C18H26F2O2S. The Bertz CT molecular complexity index is 558. The molecule has 1 saturated carbocycles. The third-order valence-corrected chi connectivity index (χ3v) is 8.39. The summed E-state index contributed by atoms with van der Waals surface area (Å²) in [7, 11) is -1.10. The van der Waals surface area contributed by atoms with Crippen molar-refractivity contribution >= 4 is 16.4 Å². The molecule has 0 spiro atoms. The second-order valence-electron chi connectivity index (χ2n) is 5.87. The Hall–Kier alpha value is -1.07. The molecular weight excluding hydrogens is 318 g/mol. The van der Waals surface area contributed by atoms with E-state index in [1.807, 2.05) is 0 Å². The largest absolute Gasteiger partial charge is 0.487 e. The van der Waals surface area contributed by atoms with Crippen LogP contribution in [-0.4, -0.2) is 29.5 Å². The minimum absolute atomic E-state index is 0.0620. The smallest absolute Gasteiger partial charge is 0.201 e. The zero-order valence-corrected chi connectivity index (χ0v) is 15.0. The summed E-state index contributed by atoms with van der Waals surface area (Å²) in [5, 5.41) is 0. The molecule has 0 radical (unpaired) electrons. The molecule has 0 N–H and O–H groups in total. The summed E-state index contributed by atoms with van der Waals surface area (Å²) < 4.78 is 39.8. The lowest BCUT2D eigenvalue weighted by Gasteiger charge is -2.40. The van der Waals surface area contributed by atoms with Crippen LogP contribution in [-0.2, 0) is 4.18 Å². The van der Waals surface area contributed by atoms with Crippen LogP contribution in [0.25, 0.3) is 6.08 Å². The number of halogens is 2.